The third kappa shape index (κ3) is 4.77. The van der Waals surface area contributed by atoms with E-state index >= 15 is 0 Å². The molecule has 0 rings (SSSR count). The highest BCUT2D eigenvalue weighted by atomic mass is 35.5. The fourth-order valence-corrected chi connectivity index (χ4v) is 1.12. The average Bonchev–Trinajstić information content (AvgIpc) is 1.98. The van der Waals surface area contributed by atoms with Crippen LogP contribution >= 0.6 is 23.6 Å². The molecule has 0 aromatic heterocycles. The van der Waals surface area contributed by atoms with Crippen LogP contribution in [0.15, 0.2) is 0 Å². The van der Waals surface area contributed by atoms with Crippen LogP contribution < -0.4 is 0 Å². The van der Waals surface area contributed by atoms with Crippen molar-refractivity contribution in [2.45, 2.75) is 59.9 Å². The molecule has 0 aromatic rings. The van der Waals surface area contributed by atoms with Crippen molar-refractivity contribution in [3.05, 3.63) is 5.92 Å². The van der Waals surface area contributed by atoms with Gasteiger partial charge in [0.05, 0.1) is 24.8 Å². The molecule has 0 heterocycles. The van der Waals surface area contributed by atoms with Gasteiger partial charge in [-0.25, -0.2) is 0 Å². The number of nitrogens with zero attached hydrogens (tertiary/aromatic N) is 1. The van der Waals surface area contributed by atoms with Crippen LogP contribution in [0.3, 0.4) is 0 Å². The standard InChI is InChI=1S/C11H22Cl2N/c1-9(10(2,3)4)7-8-11(5,6)14(12)13/h7-8H2,1-6H3/q+1. The van der Waals surface area contributed by atoms with Crippen LogP contribution in [0, 0.1) is 11.3 Å². The molecule has 0 bridgehead atoms. The van der Waals surface area contributed by atoms with Gasteiger partial charge >= 0.3 is 0 Å². The summed E-state index contributed by atoms with van der Waals surface area (Å²) >= 11 is 11.5. The van der Waals surface area contributed by atoms with Gasteiger partial charge in [0.15, 0.2) is 0 Å². The lowest BCUT2D eigenvalue weighted by Crippen LogP contribution is -2.32. The van der Waals surface area contributed by atoms with Gasteiger partial charge in [-0.15, -0.1) is 3.94 Å². The van der Waals surface area contributed by atoms with E-state index in [-0.39, 0.29) is 11.0 Å². The van der Waals surface area contributed by atoms with E-state index in [1.54, 1.807) is 0 Å². The number of hydrogen-bond acceptors (Lipinski definition) is 1. The van der Waals surface area contributed by atoms with Gasteiger partial charge in [0, 0.05) is 6.42 Å². The predicted octanol–water partition coefficient (Wildman–Crippen LogP) is 4.80. The molecule has 0 aromatic carbocycles. The molecule has 0 spiro atoms. The average molecular weight is 239 g/mol. The van der Waals surface area contributed by atoms with E-state index < -0.39 is 0 Å². The Morgan fingerprint density at radius 3 is 1.79 bits per heavy atom. The Labute approximate surface area is 99.0 Å². The molecule has 0 aliphatic heterocycles. The summed E-state index contributed by atoms with van der Waals surface area (Å²) in [5.41, 5.74) is 0.120. The molecule has 0 radical (unpaired) electrons. The van der Waals surface area contributed by atoms with Gasteiger partial charge in [0.1, 0.15) is 5.41 Å². The zero-order valence-electron chi connectivity index (χ0n) is 10.1. The number of hydrogen-bond donors (Lipinski definition) is 0. The second-order valence-electron chi connectivity index (χ2n) is 5.58. The third-order valence-electron chi connectivity index (χ3n) is 2.85. The van der Waals surface area contributed by atoms with Crippen LogP contribution in [0.2, 0.25) is 0 Å². The van der Waals surface area contributed by atoms with E-state index in [0.717, 1.165) is 12.8 Å². The van der Waals surface area contributed by atoms with E-state index in [0.29, 0.717) is 0 Å². The number of halogens is 2. The topological polar surface area (TPSA) is 3.24 Å². The quantitative estimate of drug-likeness (QED) is 0.503. The van der Waals surface area contributed by atoms with Crippen molar-refractivity contribution in [2.24, 2.45) is 5.41 Å². The molecule has 0 fully saturated rings. The Morgan fingerprint density at radius 1 is 1.07 bits per heavy atom. The minimum atomic E-state index is -0.157. The van der Waals surface area contributed by atoms with Gasteiger partial charge < -0.3 is 0 Å². The second kappa shape index (κ2) is 4.96. The zero-order chi connectivity index (χ0) is 11.6. The minimum absolute atomic E-state index is 0.157. The molecule has 0 N–H and O–H groups in total. The summed E-state index contributed by atoms with van der Waals surface area (Å²) in [5, 5.41) is 0. The largest absolute Gasteiger partial charge is 0.126 e. The van der Waals surface area contributed by atoms with E-state index in [4.69, 9.17) is 23.6 Å². The van der Waals surface area contributed by atoms with E-state index in [1.165, 1.54) is 9.86 Å². The molecule has 3 heteroatoms. The highest BCUT2D eigenvalue weighted by Gasteiger charge is 2.34. The summed E-state index contributed by atoms with van der Waals surface area (Å²) in [6.07, 6.45) is 2.04. The van der Waals surface area contributed by atoms with Crippen molar-refractivity contribution >= 4 is 23.6 Å². The smallest absolute Gasteiger partial charge is 0.102 e. The normalized spacial score (nSPS) is 13.5. The summed E-state index contributed by atoms with van der Waals surface area (Å²) < 4.78 is 1.25. The van der Waals surface area contributed by atoms with Gasteiger partial charge in [-0.05, 0) is 58.2 Å². The lowest BCUT2D eigenvalue weighted by atomic mass is 9.78. The summed E-state index contributed by atoms with van der Waals surface area (Å²) in [5.74, 6) is 1.49. The van der Waals surface area contributed by atoms with Gasteiger partial charge in [0.2, 0.25) is 0 Å². The van der Waals surface area contributed by atoms with E-state index in [9.17, 15) is 0 Å². The van der Waals surface area contributed by atoms with Gasteiger partial charge in [0.25, 0.3) is 0 Å². The maximum atomic E-state index is 5.76. The Kier molecular flexibility index (Phi) is 5.10. The molecule has 0 saturated carbocycles. The molecular weight excluding hydrogens is 217 g/mol. The third-order valence-corrected chi connectivity index (χ3v) is 3.76. The molecule has 0 unspecified atom stereocenters. The molecule has 84 valence electrons. The van der Waals surface area contributed by atoms with Crippen LogP contribution in [-0.2, 0) is 0 Å². The van der Waals surface area contributed by atoms with Gasteiger partial charge in [-0.3, -0.25) is 0 Å². The Balaban J connectivity index is 4.07. The van der Waals surface area contributed by atoms with Crippen LogP contribution in [0.5, 0.6) is 0 Å². The van der Waals surface area contributed by atoms with Crippen LogP contribution in [0.4, 0.5) is 0 Å². The molecule has 0 atom stereocenters. The van der Waals surface area contributed by atoms with E-state index in [1.807, 2.05) is 13.8 Å². The fourth-order valence-electron chi connectivity index (χ4n) is 0.953. The van der Waals surface area contributed by atoms with Crippen molar-refractivity contribution in [3.63, 3.8) is 0 Å². The Bertz CT molecular complexity index is 171. The second-order valence-corrected chi connectivity index (χ2v) is 6.42. The molecule has 0 amide bonds. The summed E-state index contributed by atoms with van der Waals surface area (Å²) in [7, 11) is 0. The maximum Gasteiger partial charge on any atom is 0.102 e. The summed E-state index contributed by atoms with van der Waals surface area (Å²) in [6, 6.07) is 0. The monoisotopic (exact) mass is 238 g/mol. The predicted molar refractivity (Wildman–Crippen MR) is 65.2 cm³/mol. The lowest BCUT2D eigenvalue weighted by molar-refractivity contribution is 0.300. The first-order valence-corrected chi connectivity index (χ1v) is 5.69. The van der Waals surface area contributed by atoms with Crippen LogP contribution in [0.1, 0.15) is 54.4 Å². The minimum Gasteiger partial charge on any atom is -0.126 e. The first-order valence-electron chi connectivity index (χ1n) is 5.02. The molecule has 1 nitrogen and oxygen atoms in total. The lowest BCUT2D eigenvalue weighted by Gasteiger charge is -2.28. The molecular formula is C11H22Cl2N+. The van der Waals surface area contributed by atoms with Crippen molar-refractivity contribution in [1.82, 2.24) is 3.94 Å². The Hall–Kier alpha value is 0.410. The molecule has 0 aliphatic rings. The Morgan fingerprint density at radius 2 is 1.50 bits per heavy atom. The summed E-state index contributed by atoms with van der Waals surface area (Å²) in [6.45, 7) is 13.0. The first kappa shape index (κ1) is 14.4. The molecule has 0 aliphatic carbocycles. The van der Waals surface area contributed by atoms with Crippen molar-refractivity contribution in [3.8, 4) is 0 Å². The SMILES string of the molecule is C[C+](CCC(C)(C)N(Cl)Cl)C(C)(C)C. The number of rotatable bonds is 4. The first-order chi connectivity index (χ1) is 6.07. The van der Waals surface area contributed by atoms with Gasteiger partial charge in [-0.2, -0.15) is 0 Å². The van der Waals surface area contributed by atoms with Crippen molar-refractivity contribution in [2.75, 3.05) is 0 Å². The van der Waals surface area contributed by atoms with Gasteiger partial charge in [-0.1, -0.05) is 0 Å². The van der Waals surface area contributed by atoms with Crippen molar-refractivity contribution in [1.29, 1.82) is 0 Å². The van der Waals surface area contributed by atoms with Crippen molar-refractivity contribution < 1.29 is 0 Å². The maximum absolute atomic E-state index is 5.76. The zero-order valence-corrected chi connectivity index (χ0v) is 11.6. The van der Waals surface area contributed by atoms with E-state index in [2.05, 4.69) is 27.7 Å². The highest BCUT2D eigenvalue weighted by molar-refractivity contribution is 6.34. The molecule has 14 heavy (non-hydrogen) atoms. The van der Waals surface area contributed by atoms with Crippen LogP contribution in [0.25, 0.3) is 0 Å². The highest BCUT2D eigenvalue weighted by Crippen LogP contribution is 2.35. The summed E-state index contributed by atoms with van der Waals surface area (Å²) in [4.78, 5) is 0. The fraction of sp³-hybridized carbons (Fsp3) is 0.909. The van der Waals surface area contributed by atoms with Crippen LogP contribution in [-0.4, -0.2) is 9.48 Å². The molecule has 0 saturated heterocycles.